The molecule has 1 heterocycles. The van der Waals surface area contributed by atoms with Crippen molar-refractivity contribution in [3.05, 3.63) is 55.7 Å². The third-order valence-corrected chi connectivity index (χ3v) is 4.79. The Hall–Kier alpha value is -0.640. The number of nitrogens with two attached hydrogens (primary N) is 1. The van der Waals surface area contributed by atoms with Crippen molar-refractivity contribution in [2.24, 2.45) is 5.73 Å². The molecule has 0 spiro atoms. The van der Waals surface area contributed by atoms with Crippen LogP contribution in [-0.2, 0) is 0 Å². The van der Waals surface area contributed by atoms with Gasteiger partial charge >= 0.3 is 0 Å². The number of halogens is 1. The van der Waals surface area contributed by atoms with Crippen LogP contribution < -0.4 is 5.73 Å². The molecule has 1 aromatic heterocycles. The normalized spacial score (nSPS) is 12.8. The lowest BCUT2D eigenvalue weighted by Gasteiger charge is -2.13. The van der Waals surface area contributed by atoms with Crippen molar-refractivity contribution in [3.63, 3.8) is 0 Å². The first-order valence-corrected chi connectivity index (χ1v) is 6.77. The highest BCUT2D eigenvalue weighted by molar-refractivity contribution is 9.10. The monoisotopic (exact) mass is 295 g/mol. The van der Waals surface area contributed by atoms with E-state index in [4.69, 9.17) is 5.73 Å². The lowest BCUT2D eigenvalue weighted by molar-refractivity contribution is 0.885. The molecule has 1 aromatic carbocycles. The minimum atomic E-state index is -0.0343. The molecule has 0 aliphatic carbocycles. The van der Waals surface area contributed by atoms with Crippen LogP contribution in [0.15, 0.2) is 34.8 Å². The molecule has 0 radical (unpaired) electrons. The van der Waals surface area contributed by atoms with Gasteiger partial charge < -0.3 is 5.73 Å². The second-order valence-electron chi connectivity index (χ2n) is 3.90. The Kier molecular flexibility index (Phi) is 3.47. The van der Waals surface area contributed by atoms with E-state index in [9.17, 15) is 0 Å². The Morgan fingerprint density at radius 1 is 1.19 bits per heavy atom. The number of hydrogen-bond acceptors (Lipinski definition) is 2. The Balaban J connectivity index is 2.41. The number of thiophene rings is 1. The van der Waals surface area contributed by atoms with Crippen LogP contribution in [0.25, 0.3) is 0 Å². The highest BCUT2D eigenvalue weighted by atomic mass is 79.9. The summed E-state index contributed by atoms with van der Waals surface area (Å²) in [6.07, 6.45) is 0. The topological polar surface area (TPSA) is 26.0 Å². The molecule has 1 atom stereocenters. The zero-order chi connectivity index (χ0) is 11.7. The third kappa shape index (κ3) is 2.21. The van der Waals surface area contributed by atoms with Crippen molar-refractivity contribution in [2.45, 2.75) is 19.9 Å². The van der Waals surface area contributed by atoms with Crippen LogP contribution in [0, 0.1) is 13.8 Å². The summed E-state index contributed by atoms with van der Waals surface area (Å²) < 4.78 is 1.12. The molecule has 84 valence electrons. The molecule has 0 amide bonds. The highest BCUT2D eigenvalue weighted by Gasteiger charge is 2.14. The van der Waals surface area contributed by atoms with E-state index in [1.54, 1.807) is 11.3 Å². The van der Waals surface area contributed by atoms with Crippen molar-refractivity contribution < 1.29 is 0 Å². The van der Waals surface area contributed by atoms with Gasteiger partial charge in [0.2, 0.25) is 0 Å². The van der Waals surface area contributed by atoms with E-state index in [-0.39, 0.29) is 6.04 Å². The number of aryl methyl sites for hydroxylation is 2. The van der Waals surface area contributed by atoms with E-state index in [1.165, 1.54) is 15.3 Å². The number of rotatable bonds is 2. The first-order chi connectivity index (χ1) is 7.59. The van der Waals surface area contributed by atoms with Gasteiger partial charge in [-0.3, -0.25) is 0 Å². The van der Waals surface area contributed by atoms with Gasteiger partial charge in [0.25, 0.3) is 0 Å². The third-order valence-electron chi connectivity index (χ3n) is 2.62. The molecule has 0 saturated carbocycles. The minimum Gasteiger partial charge on any atom is -0.320 e. The van der Waals surface area contributed by atoms with Crippen LogP contribution in [0.4, 0.5) is 0 Å². The second-order valence-corrected chi connectivity index (χ2v) is 6.02. The van der Waals surface area contributed by atoms with Crippen molar-refractivity contribution in [2.75, 3.05) is 0 Å². The average molecular weight is 296 g/mol. The molecular weight excluding hydrogens is 282 g/mol. The van der Waals surface area contributed by atoms with Gasteiger partial charge in [0.15, 0.2) is 0 Å². The first-order valence-electron chi connectivity index (χ1n) is 5.16. The Bertz CT molecular complexity index is 504. The van der Waals surface area contributed by atoms with E-state index in [0.717, 1.165) is 10.0 Å². The summed E-state index contributed by atoms with van der Waals surface area (Å²) in [6.45, 7) is 4.19. The molecule has 0 bridgehead atoms. The predicted octanol–water partition coefficient (Wildman–Crippen LogP) is 4.18. The summed E-state index contributed by atoms with van der Waals surface area (Å²) in [7, 11) is 0. The number of hydrogen-bond donors (Lipinski definition) is 1. The maximum atomic E-state index is 6.28. The van der Waals surface area contributed by atoms with Gasteiger partial charge in [-0.25, -0.2) is 0 Å². The largest absolute Gasteiger partial charge is 0.320 e. The predicted molar refractivity (Wildman–Crippen MR) is 74.0 cm³/mol. The fourth-order valence-corrected chi connectivity index (χ4v) is 3.09. The molecule has 1 unspecified atom stereocenters. The van der Waals surface area contributed by atoms with Crippen LogP contribution in [0.5, 0.6) is 0 Å². The Morgan fingerprint density at radius 2 is 1.94 bits per heavy atom. The van der Waals surface area contributed by atoms with Gasteiger partial charge in [-0.1, -0.05) is 34.1 Å². The lowest BCUT2D eigenvalue weighted by Crippen LogP contribution is -2.11. The summed E-state index contributed by atoms with van der Waals surface area (Å²) in [6, 6.07) is 10.4. The van der Waals surface area contributed by atoms with Gasteiger partial charge in [0.1, 0.15) is 0 Å². The van der Waals surface area contributed by atoms with Crippen LogP contribution >= 0.6 is 27.3 Å². The molecule has 0 saturated heterocycles. The fraction of sp³-hybridized carbons (Fsp3) is 0.231. The summed E-state index contributed by atoms with van der Waals surface area (Å²) in [4.78, 5) is 2.51. The summed E-state index contributed by atoms with van der Waals surface area (Å²) in [5, 5.41) is 0. The molecule has 2 N–H and O–H groups in total. The lowest BCUT2D eigenvalue weighted by atomic mass is 10.0. The smallest absolute Gasteiger partial charge is 0.0657 e. The summed E-state index contributed by atoms with van der Waals surface area (Å²) >= 11 is 5.37. The zero-order valence-electron chi connectivity index (χ0n) is 9.33. The number of benzene rings is 1. The van der Waals surface area contributed by atoms with E-state index >= 15 is 0 Å². The van der Waals surface area contributed by atoms with Crippen LogP contribution in [0.3, 0.4) is 0 Å². The van der Waals surface area contributed by atoms with Gasteiger partial charge in [-0.05, 0) is 37.1 Å². The Morgan fingerprint density at radius 3 is 2.56 bits per heavy atom. The standard InChI is InChI=1S/C13H14BrNS/c1-8-4-3-5-10(12(8)14)13(15)11-7-6-9(2)16-11/h3-7,13H,15H2,1-2H3. The zero-order valence-corrected chi connectivity index (χ0v) is 11.7. The van der Waals surface area contributed by atoms with Crippen molar-refractivity contribution in [3.8, 4) is 0 Å². The maximum Gasteiger partial charge on any atom is 0.0657 e. The van der Waals surface area contributed by atoms with E-state index in [1.807, 2.05) is 0 Å². The highest BCUT2D eigenvalue weighted by Crippen LogP contribution is 2.32. The maximum absolute atomic E-state index is 6.28. The summed E-state index contributed by atoms with van der Waals surface area (Å²) in [5.74, 6) is 0. The van der Waals surface area contributed by atoms with Crippen LogP contribution in [-0.4, -0.2) is 0 Å². The molecule has 3 heteroatoms. The second kappa shape index (κ2) is 4.70. The average Bonchev–Trinajstić information content (AvgIpc) is 2.68. The van der Waals surface area contributed by atoms with E-state index < -0.39 is 0 Å². The quantitative estimate of drug-likeness (QED) is 0.884. The molecule has 1 nitrogen and oxygen atoms in total. The van der Waals surface area contributed by atoms with Crippen molar-refractivity contribution in [1.82, 2.24) is 0 Å². The minimum absolute atomic E-state index is 0.0343. The molecule has 2 aromatic rings. The van der Waals surface area contributed by atoms with Gasteiger partial charge in [-0.2, -0.15) is 0 Å². The first kappa shape index (κ1) is 11.8. The van der Waals surface area contributed by atoms with Gasteiger partial charge in [0, 0.05) is 14.2 Å². The van der Waals surface area contributed by atoms with E-state index in [0.29, 0.717) is 0 Å². The SMILES string of the molecule is Cc1ccc(C(N)c2cccc(C)c2Br)s1. The molecular formula is C13H14BrNS. The molecule has 2 rings (SSSR count). The molecule has 0 aliphatic heterocycles. The molecule has 0 fully saturated rings. The van der Waals surface area contributed by atoms with Crippen LogP contribution in [0.2, 0.25) is 0 Å². The molecule has 0 aliphatic rings. The van der Waals surface area contributed by atoms with Crippen molar-refractivity contribution in [1.29, 1.82) is 0 Å². The van der Waals surface area contributed by atoms with E-state index in [2.05, 4.69) is 60.1 Å². The molecule has 16 heavy (non-hydrogen) atoms. The van der Waals surface area contributed by atoms with Gasteiger partial charge in [0.05, 0.1) is 6.04 Å². The van der Waals surface area contributed by atoms with Crippen molar-refractivity contribution >= 4 is 27.3 Å². The van der Waals surface area contributed by atoms with Gasteiger partial charge in [-0.15, -0.1) is 11.3 Å². The Labute approximate surface area is 108 Å². The van der Waals surface area contributed by atoms with Crippen LogP contribution in [0.1, 0.15) is 26.9 Å². The summed E-state index contributed by atoms with van der Waals surface area (Å²) in [5.41, 5.74) is 8.66. The fourth-order valence-electron chi connectivity index (χ4n) is 1.68.